The lowest BCUT2D eigenvalue weighted by molar-refractivity contribution is 0.0909. The molecule has 0 aliphatic carbocycles. The van der Waals surface area contributed by atoms with Gasteiger partial charge >= 0.3 is 0 Å². The molecule has 1 heterocycles. The third-order valence-corrected chi connectivity index (χ3v) is 3.74. The Balaban J connectivity index is 2.48. The van der Waals surface area contributed by atoms with E-state index in [0.29, 0.717) is 26.1 Å². The fourth-order valence-corrected chi connectivity index (χ4v) is 2.93. The van der Waals surface area contributed by atoms with Gasteiger partial charge in [-0.25, -0.2) is 0 Å². The minimum absolute atomic E-state index is 0.00502. The molecule has 110 valence electrons. The van der Waals surface area contributed by atoms with Crippen LogP contribution < -0.4 is 15.2 Å². The number of hydrogen-bond acceptors (Lipinski definition) is 4. The van der Waals surface area contributed by atoms with Crippen molar-refractivity contribution < 1.29 is 14.6 Å². The second-order valence-corrected chi connectivity index (χ2v) is 5.95. The van der Waals surface area contributed by atoms with Crippen molar-refractivity contribution in [3.63, 3.8) is 0 Å². The maximum Gasteiger partial charge on any atom is 0.137 e. The van der Waals surface area contributed by atoms with Crippen LogP contribution in [0.3, 0.4) is 0 Å². The number of ether oxygens (including phenoxy) is 2. The maximum atomic E-state index is 9.84. The van der Waals surface area contributed by atoms with Crippen LogP contribution in [-0.2, 0) is 12.8 Å². The van der Waals surface area contributed by atoms with E-state index in [1.165, 1.54) is 0 Å². The van der Waals surface area contributed by atoms with E-state index < -0.39 is 6.10 Å². The molecule has 0 spiro atoms. The first-order valence-electron chi connectivity index (χ1n) is 6.67. The number of benzene rings is 1. The summed E-state index contributed by atoms with van der Waals surface area (Å²) in [5, 5.41) is 9.84. The summed E-state index contributed by atoms with van der Waals surface area (Å²) in [5.74, 6) is 1.56. The van der Waals surface area contributed by atoms with Gasteiger partial charge in [-0.3, -0.25) is 0 Å². The monoisotopic (exact) mass is 341 g/mol. The predicted molar refractivity (Wildman–Crippen MR) is 82.4 cm³/mol. The van der Waals surface area contributed by atoms with E-state index in [2.05, 4.69) is 22.5 Å². The van der Waals surface area contributed by atoms with Crippen molar-refractivity contribution in [1.82, 2.24) is 0 Å². The van der Waals surface area contributed by atoms with Gasteiger partial charge < -0.3 is 20.3 Å². The van der Waals surface area contributed by atoms with Crippen molar-refractivity contribution in [2.75, 3.05) is 13.2 Å². The molecule has 2 rings (SSSR count). The number of nitrogens with two attached hydrogens (primary N) is 1. The van der Waals surface area contributed by atoms with Gasteiger partial charge in [-0.2, -0.15) is 0 Å². The van der Waals surface area contributed by atoms with Gasteiger partial charge in [0.05, 0.1) is 10.6 Å². The highest BCUT2D eigenvalue weighted by Gasteiger charge is 2.26. The van der Waals surface area contributed by atoms with E-state index in [9.17, 15) is 5.11 Å². The molecule has 2 atom stereocenters. The van der Waals surface area contributed by atoms with Crippen LogP contribution in [0.4, 0.5) is 0 Å². The molecule has 0 saturated carbocycles. The van der Waals surface area contributed by atoms with E-state index >= 15 is 0 Å². The minimum atomic E-state index is -0.490. The standard InChI is InChI=1S/C15H20BrNO3/c1-3-4-19-14-7-13(16)15-12(6-10(18)8-20-15)11(14)5-9(2)17/h3,7,9-10,18H,1,4-6,8,17H2,2H3. The lowest BCUT2D eigenvalue weighted by Crippen LogP contribution is -2.28. The van der Waals surface area contributed by atoms with Crippen LogP contribution in [0.15, 0.2) is 23.2 Å². The summed E-state index contributed by atoms with van der Waals surface area (Å²) in [7, 11) is 0. The third kappa shape index (κ3) is 3.34. The molecule has 20 heavy (non-hydrogen) atoms. The molecule has 1 aliphatic rings. The Bertz CT molecular complexity index is 502. The zero-order chi connectivity index (χ0) is 14.7. The van der Waals surface area contributed by atoms with E-state index in [1.807, 2.05) is 13.0 Å². The van der Waals surface area contributed by atoms with Crippen molar-refractivity contribution in [3.05, 3.63) is 34.3 Å². The molecule has 0 bridgehead atoms. The first-order valence-corrected chi connectivity index (χ1v) is 7.46. The van der Waals surface area contributed by atoms with Gasteiger partial charge in [0.15, 0.2) is 0 Å². The molecule has 3 N–H and O–H groups in total. The Morgan fingerprint density at radius 1 is 1.70 bits per heavy atom. The summed E-state index contributed by atoms with van der Waals surface area (Å²) in [6.45, 7) is 6.36. The molecule has 0 amide bonds. The van der Waals surface area contributed by atoms with E-state index in [-0.39, 0.29) is 6.04 Å². The van der Waals surface area contributed by atoms with Crippen LogP contribution >= 0.6 is 15.9 Å². The normalized spacial score (nSPS) is 18.9. The zero-order valence-electron chi connectivity index (χ0n) is 11.6. The topological polar surface area (TPSA) is 64.7 Å². The zero-order valence-corrected chi connectivity index (χ0v) is 13.1. The fraction of sp³-hybridized carbons (Fsp3) is 0.467. The quantitative estimate of drug-likeness (QED) is 0.806. The molecule has 0 fully saturated rings. The van der Waals surface area contributed by atoms with Gasteiger partial charge in [-0.05, 0) is 35.3 Å². The molecule has 1 aromatic carbocycles. The van der Waals surface area contributed by atoms with Crippen LogP contribution in [0.5, 0.6) is 11.5 Å². The number of hydrogen-bond donors (Lipinski definition) is 2. The molecule has 1 aromatic rings. The molecule has 2 unspecified atom stereocenters. The number of aliphatic hydroxyl groups is 1. The van der Waals surface area contributed by atoms with Gasteiger partial charge in [0.25, 0.3) is 0 Å². The Morgan fingerprint density at radius 2 is 2.45 bits per heavy atom. The van der Waals surface area contributed by atoms with Gasteiger partial charge in [-0.15, -0.1) is 0 Å². The second-order valence-electron chi connectivity index (χ2n) is 5.09. The van der Waals surface area contributed by atoms with Gasteiger partial charge in [-0.1, -0.05) is 12.7 Å². The lowest BCUT2D eigenvalue weighted by Gasteiger charge is -2.27. The SMILES string of the molecule is C=CCOc1cc(Br)c2c(c1CC(C)N)CC(O)CO2. The summed E-state index contributed by atoms with van der Waals surface area (Å²) < 4.78 is 12.2. The van der Waals surface area contributed by atoms with Crippen LogP contribution in [0.25, 0.3) is 0 Å². The van der Waals surface area contributed by atoms with Crippen molar-refractivity contribution in [2.24, 2.45) is 5.73 Å². The van der Waals surface area contributed by atoms with Crippen molar-refractivity contribution in [3.8, 4) is 11.5 Å². The van der Waals surface area contributed by atoms with Gasteiger partial charge in [0.1, 0.15) is 24.7 Å². The van der Waals surface area contributed by atoms with Crippen molar-refractivity contribution >= 4 is 15.9 Å². The van der Waals surface area contributed by atoms with Crippen LogP contribution in [0.2, 0.25) is 0 Å². The first-order chi connectivity index (χ1) is 9.52. The van der Waals surface area contributed by atoms with Crippen molar-refractivity contribution in [2.45, 2.75) is 31.9 Å². The number of rotatable bonds is 5. The van der Waals surface area contributed by atoms with E-state index in [4.69, 9.17) is 15.2 Å². The van der Waals surface area contributed by atoms with Crippen LogP contribution in [0.1, 0.15) is 18.1 Å². The number of fused-ring (bicyclic) bond motifs is 1. The summed E-state index contributed by atoms with van der Waals surface area (Å²) in [6.07, 6.45) is 2.45. The summed E-state index contributed by atoms with van der Waals surface area (Å²) >= 11 is 3.50. The highest BCUT2D eigenvalue weighted by atomic mass is 79.9. The van der Waals surface area contributed by atoms with Crippen molar-refractivity contribution in [1.29, 1.82) is 0 Å². The molecule has 0 radical (unpaired) electrons. The Kier molecular flexibility index (Phi) is 5.07. The van der Waals surface area contributed by atoms with Gasteiger partial charge in [0, 0.05) is 23.6 Å². The smallest absolute Gasteiger partial charge is 0.137 e. The molecular formula is C15H20BrNO3. The minimum Gasteiger partial charge on any atom is -0.489 e. The molecule has 0 aromatic heterocycles. The third-order valence-electron chi connectivity index (χ3n) is 3.15. The molecule has 5 heteroatoms. The van der Waals surface area contributed by atoms with Crippen LogP contribution in [0, 0.1) is 0 Å². The lowest BCUT2D eigenvalue weighted by atomic mass is 9.93. The average Bonchev–Trinajstić information content (AvgIpc) is 2.39. The van der Waals surface area contributed by atoms with E-state index in [0.717, 1.165) is 27.1 Å². The summed E-state index contributed by atoms with van der Waals surface area (Å²) in [4.78, 5) is 0. The predicted octanol–water partition coefficient (Wildman–Crippen LogP) is 2.20. The molecule has 0 saturated heterocycles. The van der Waals surface area contributed by atoms with Crippen LogP contribution in [-0.4, -0.2) is 30.5 Å². The average molecular weight is 342 g/mol. The maximum absolute atomic E-state index is 9.84. The van der Waals surface area contributed by atoms with E-state index in [1.54, 1.807) is 6.08 Å². The second kappa shape index (κ2) is 6.61. The molecule has 4 nitrogen and oxygen atoms in total. The summed E-state index contributed by atoms with van der Waals surface area (Å²) in [5.41, 5.74) is 7.93. The molecule has 1 aliphatic heterocycles. The highest BCUT2D eigenvalue weighted by molar-refractivity contribution is 9.10. The summed E-state index contributed by atoms with van der Waals surface area (Å²) in [6, 6.07) is 1.91. The van der Waals surface area contributed by atoms with Gasteiger partial charge in [0.2, 0.25) is 0 Å². The first kappa shape index (κ1) is 15.4. The largest absolute Gasteiger partial charge is 0.489 e. The Hall–Kier alpha value is -1.04. The highest BCUT2D eigenvalue weighted by Crippen LogP contribution is 2.41. The fourth-order valence-electron chi connectivity index (χ4n) is 2.37. The Morgan fingerprint density at radius 3 is 3.10 bits per heavy atom. The number of aliphatic hydroxyl groups excluding tert-OH is 1. The number of halogens is 1. The Labute approximate surface area is 127 Å². The molecular weight excluding hydrogens is 322 g/mol.